The molecule has 0 amide bonds. The summed E-state index contributed by atoms with van der Waals surface area (Å²) in [6.45, 7) is 4.60. The molecule has 2 aromatic heterocycles. The van der Waals surface area contributed by atoms with E-state index in [1.807, 2.05) is 31.3 Å². The number of benzene rings is 1. The molecule has 25 heavy (non-hydrogen) atoms. The summed E-state index contributed by atoms with van der Waals surface area (Å²) in [6.07, 6.45) is 4.64. The van der Waals surface area contributed by atoms with Crippen molar-refractivity contribution in [3.8, 4) is 10.4 Å². The zero-order chi connectivity index (χ0) is 17.2. The van der Waals surface area contributed by atoms with Crippen LogP contribution in [0.3, 0.4) is 0 Å². The summed E-state index contributed by atoms with van der Waals surface area (Å²) in [5, 5.41) is 10.6. The third-order valence-corrected chi connectivity index (χ3v) is 5.48. The number of nitrogens with zero attached hydrogens (tertiary/aromatic N) is 4. The lowest BCUT2D eigenvalue weighted by atomic mass is 10.1. The normalized spacial score (nSPS) is 15.1. The number of hydrogen-bond donors (Lipinski definition) is 0. The average molecular weight is 352 g/mol. The van der Waals surface area contributed by atoms with Gasteiger partial charge < -0.3 is 0 Å². The molecule has 1 fully saturated rings. The second-order valence-corrected chi connectivity index (χ2v) is 7.79. The van der Waals surface area contributed by atoms with Gasteiger partial charge in [-0.3, -0.25) is 9.69 Å². The minimum atomic E-state index is 0.213. The van der Waals surface area contributed by atoms with Crippen LogP contribution in [0.2, 0.25) is 0 Å². The SMILES string of the molecule is Cc1ncc(-c2ccc3nnc(CC(=O)CN4CCCC4)cc3c2)s1. The molecule has 3 heterocycles. The second-order valence-electron chi connectivity index (χ2n) is 6.55. The van der Waals surface area contributed by atoms with Gasteiger partial charge in [-0.15, -0.1) is 11.3 Å². The van der Waals surface area contributed by atoms with Crippen molar-refractivity contribution in [2.24, 2.45) is 0 Å². The standard InChI is InChI=1S/C19H20N4OS/c1-13-20-11-19(25-13)14-4-5-18-15(8-14)9-16(21-22-18)10-17(24)12-23-6-2-3-7-23/h4-5,8-9,11H,2-3,6-7,10,12H2,1H3. The zero-order valence-electron chi connectivity index (χ0n) is 14.2. The number of carbonyl (C=O) groups excluding carboxylic acids is 1. The third kappa shape index (κ3) is 3.75. The summed E-state index contributed by atoms with van der Waals surface area (Å²) in [5.74, 6) is 0.213. The number of aryl methyl sites for hydroxylation is 1. The van der Waals surface area contributed by atoms with Gasteiger partial charge >= 0.3 is 0 Å². The maximum absolute atomic E-state index is 12.3. The van der Waals surface area contributed by atoms with Crippen molar-refractivity contribution >= 4 is 28.0 Å². The van der Waals surface area contributed by atoms with Crippen molar-refractivity contribution in [2.75, 3.05) is 19.6 Å². The lowest BCUT2D eigenvalue weighted by molar-refractivity contribution is -0.119. The van der Waals surface area contributed by atoms with Gasteiger partial charge in [0, 0.05) is 11.6 Å². The van der Waals surface area contributed by atoms with Crippen LogP contribution in [0, 0.1) is 6.92 Å². The van der Waals surface area contributed by atoms with E-state index in [1.54, 1.807) is 11.3 Å². The molecule has 0 radical (unpaired) electrons. The minimum Gasteiger partial charge on any atom is -0.298 e. The predicted octanol–water partition coefficient (Wildman–Crippen LogP) is 3.27. The minimum absolute atomic E-state index is 0.213. The van der Waals surface area contributed by atoms with E-state index < -0.39 is 0 Å². The Morgan fingerprint density at radius 2 is 2.04 bits per heavy atom. The molecule has 0 atom stereocenters. The highest BCUT2D eigenvalue weighted by atomic mass is 32.1. The first-order valence-electron chi connectivity index (χ1n) is 8.60. The van der Waals surface area contributed by atoms with Crippen LogP contribution in [0.5, 0.6) is 0 Å². The average Bonchev–Trinajstić information content (AvgIpc) is 3.26. The fourth-order valence-corrected chi connectivity index (χ4v) is 4.04. The molecule has 0 aliphatic carbocycles. The number of ketones is 1. The van der Waals surface area contributed by atoms with Crippen molar-refractivity contribution in [1.82, 2.24) is 20.1 Å². The number of fused-ring (bicyclic) bond motifs is 1. The van der Waals surface area contributed by atoms with Gasteiger partial charge in [0.25, 0.3) is 0 Å². The Kier molecular flexibility index (Phi) is 4.55. The quantitative estimate of drug-likeness (QED) is 0.705. The van der Waals surface area contributed by atoms with E-state index in [0.717, 1.165) is 45.1 Å². The van der Waals surface area contributed by atoms with Gasteiger partial charge in [0.05, 0.1) is 34.1 Å². The Labute approximate surface area is 150 Å². The Balaban J connectivity index is 1.54. The number of Topliss-reactive ketones (excluding diaryl/α,β-unsaturated/α-hetero) is 1. The van der Waals surface area contributed by atoms with Crippen LogP contribution in [0.25, 0.3) is 21.3 Å². The van der Waals surface area contributed by atoms with E-state index in [-0.39, 0.29) is 5.78 Å². The number of hydrogen-bond acceptors (Lipinski definition) is 6. The third-order valence-electron chi connectivity index (χ3n) is 4.52. The van der Waals surface area contributed by atoms with Crippen LogP contribution in [0.4, 0.5) is 0 Å². The molecule has 128 valence electrons. The van der Waals surface area contributed by atoms with E-state index >= 15 is 0 Å². The molecular formula is C19H20N4OS. The van der Waals surface area contributed by atoms with Gasteiger partial charge in [0.15, 0.2) is 5.78 Å². The summed E-state index contributed by atoms with van der Waals surface area (Å²) < 4.78 is 0. The summed E-state index contributed by atoms with van der Waals surface area (Å²) in [6, 6.07) is 8.11. The highest BCUT2D eigenvalue weighted by molar-refractivity contribution is 7.15. The van der Waals surface area contributed by atoms with E-state index in [1.165, 1.54) is 12.8 Å². The molecule has 4 rings (SSSR count). The molecule has 0 saturated carbocycles. The van der Waals surface area contributed by atoms with Crippen molar-refractivity contribution in [3.63, 3.8) is 0 Å². The summed E-state index contributed by atoms with van der Waals surface area (Å²) in [5.41, 5.74) is 2.72. The van der Waals surface area contributed by atoms with Crippen molar-refractivity contribution in [2.45, 2.75) is 26.2 Å². The lowest BCUT2D eigenvalue weighted by Crippen LogP contribution is -2.28. The van der Waals surface area contributed by atoms with E-state index in [4.69, 9.17) is 0 Å². The van der Waals surface area contributed by atoms with Crippen LogP contribution < -0.4 is 0 Å². The highest BCUT2D eigenvalue weighted by Gasteiger charge is 2.16. The summed E-state index contributed by atoms with van der Waals surface area (Å²) in [7, 11) is 0. The summed E-state index contributed by atoms with van der Waals surface area (Å²) >= 11 is 1.68. The molecule has 6 heteroatoms. The number of rotatable bonds is 5. The highest BCUT2D eigenvalue weighted by Crippen LogP contribution is 2.28. The number of likely N-dealkylation sites (tertiary alicyclic amines) is 1. The van der Waals surface area contributed by atoms with Crippen LogP contribution in [-0.4, -0.2) is 45.5 Å². The van der Waals surface area contributed by atoms with Gasteiger partial charge in [-0.25, -0.2) is 4.98 Å². The van der Waals surface area contributed by atoms with Crippen molar-refractivity contribution < 1.29 is 4.79 Å². The molecule has 0 N–H and O–H groups in total. The monoisotopic (exact) mass is 352 g/mol. The Morgan fingerprint density at radius 3 is 2.80 bits per heavy atom. The fraction of sp³-hybridized carbons (Fsp3) is 0.368. The van der Waals surface area contributed by atoms with E-state index in [0.29, 0.717) is 13.0 Å². The van der Waals surface area contributed by atoms with Gasteiger partial charge in [-0.2, -0.15) is 10.2 Å². The topological polar surface area (TPSA) is 59.0 Å². The van der Waals surface area contributed by atoms with E-state index in [2.05, 4.69) is 26.1 Å². The molecule has 3 aromatic rings. The zero-order valence-corrected chi connectivity index (χ0v) is 15.1. The van der Waals surface area contributed by atoms with Gasteiger partial charge in [0.2, 0.25) is 0 Å². The molecule has 5 nitrogen and oxygen atoms in total. The number of thiazole rings is 1. The molecule has 1 aromatic carbocycles. The first-order chi connectivity index (χ1) is 12.2. The van der Waals surface area contributed by atoms with Gasteiger partial charge in [0.1, 0.15) is 0 Å². The van der Waals surface area contributed by atoms with Crippen molar-refractivity contribution in [3.05, 3.63) is 41.2 Å². The maximum atomic E-state index is 12.3. The van der Waals surface area contributed by atoms with Gasteiger partial charge in [-0.05, 0) is 56.6 Å². The lowest BCUT2D eigenvalue weighted by Gasteiger charge is -2.12. The van der Waals surface area contributed by atoms with Crippen LogP contribution in [0.15, 0.2) is 30.5 Å². The van der Waals surface area contributed by atoms with Crippen LogP contribution >= 0.6 is 11.3 Å². The number of carbonyl (C=O) groups is 1. The Bertz CT molecular complexity index is 915. The van der Waals surface area contributed by atoms with Crippen LogP contribution in [-0.2, 0) is 11.2 Å². The Morgan fingerprint density at radius 1 is 1.20 bits per heavy atom. The molecule has 0 spiro atoms. The summed E-state index contributed by atoms with van der Waals surface area (Å²) in [4.78, 5) is 20.0. The molecule has 0 unspecified atom stereocenters. The molecule has 1 aliphatic heterocycles. The molecular weight excluding hydrogens is 332 g/mol. The number of aromatic nitrogens is 3. The molecule has 1 aliphatic rings. The molecule has 1 saturated heterocycles. The Hall–Kier alpha value is -2.18. The van der Waals surface area contributed by atoms with E-state index in [9.17, 15) is 4.79 Å². The largest absolute Gasteiger partial charge is 0.298 e. The fourth-order valence-electron chi connectivity index (χ4n) is 3.27. The van der Waals surface area contributed by atoms with Crippen LogP contribution in [0.1, 0.15) is 23.5 Å². The van der Waals surface area contributed by atoms with Crippen molar-refractivity contribution in [1.29, 1.82) is 0 Å². The molecule has 0 bridgehead atoms. The predicted molar refractivity (Wildman–Crippen MR) is 99.8 cm³/mol. The van der Waals surface area contributed by atoms with Gasteiger partial charge in [-0.1, -0.05) is 6.07 Å². The maximum Gasteiger partial charge on any atom is 0.152 e. The smallest absolute Gasteiger partial charge is 0.152 e. The first-order valence-corrected chi connectivity index (χ1v) is 9.42. The second kappa shape index (κ2) is 6.98. The first kappa shape index (κ1) is 16.3.